The Kier molecular flexibility index (Phi) is 1.74. The van der Waals surface area contributed by atoms with Crippen LogP contribution < -0.4 is 10.5 Å². The number of hydrogen-bond acceptors (Lipinski definition) is 3. The van der Waals surface area contributed by atoms with Crippen LogP contribution in [-0.2, 0) is 0 Å². The minimum Gasteiger partial charge on any atom is -0.385 e. The summed E-state index contributed by atoms with van der Waals surface area (Å²) < 4.78 is 4.69. The van der Waals surface area contributed by atoms with Crippen LogP contribution in [0.3, 0.4) is 0 Å². The molecule has 1 aliphatic rings. The fourth-order valence-electron chi connectivity index (χ4n) is 1.30. The van der Waals surface area contributed by atoms with E-state index in [0.29, 0.717) is 5.69 Å². The van der Waals surface area contributed by atoms with Crippen LogP contribution in [0.2, 0.25) is 0 Å². The number of aromatic amines is 1. The first-order valence-electron chi connectivity index (χ1n) is 3.97. The predicted molar refractivity (Wildman–Crippen MR) is 45.0 cm³/mol. The van der Waals surface area contributed by atoms with Gasteiger partial charge in [-0.2, -0.15) is 5.16 Å². The molecule has 0 saturated heterocycles. The number of nitrogens with zero attached hydrogens (tertiary/aromatic N) is 1. The molecule has 64 valence electrons. The lowest BCUT2D eigenvalue weighted by Gasteiger charge is -2.19. The zero-order valence-corrected chi connectivity index (χ0v) is 6.62. The summed E-state index contributed by atoms with van der Waals surface area (Å²) in [6, 6.07) is 0. The Labute approximate surface area is 69.4 Å². The summed E-state index contributed by atoms with van der Waals surface area (Å²) in [6.07, 6.45) is 7.59. The van der Waals surface area contributed by atoms with Gasteiger partial charge in [0, 0.05) is 12.7 Å². The normalized spacial score (nSPS) is 16.8. The van der Waals surface area contributed by atoms with E-state index in [1.807, 2.05) is 11.1 Å². The van der Waals surface area contributed by atoms with Crippen molar-refractivity contribution in [2.45, 2.75) is 12.8 Å². The third-order valence-corrected chi connectivity index (χ3v) is 1.92. The van der Waals surface area contributed by atoms with Crippen LogP contribution in [0.4, 0.5) is 5.69 Å². The topological polar surface area (TPSA) is 49.2 Å². The van der Waals surface area contributed by atoms with Crippen molar-refractivity contribution in [1.29, 1.82) is 0 Å². The number of aromatic nitrogens is 1. The summed E-state index contributed by atoms with van der Waals surface area (Å²) in [5.41, 5.74) is 0.424. The van der Waals surface area contributed by atoms with Crippen molar-refractivity contribution >= 4 is 5.69 Å². The SMILES string of the molecule is O=c1[nH]occ1N1C=CCCC1. The van der Waals surface area contributed by atoms with E-state index in [4.69, 9.17) is 0 Å². The van der Waals surface area contributed by atoms with Crippen molar-refractivity contribution in [3.8, 4) is 0 Å². The number of rotatable bonds is 1. The summed E-state index contributed by atoms with van der Waals surface area (Å²) in [6.45, 7) is 0.888. The number of nitrogens with one attached hydrogen (secondary N) is 1. The molecule has 1 aromatic heterocycles. The van der Waals surface area contributed by atoms with Crippen LogP contribution in [0.15, 0.2) is 27.9 Å². The van der Waals surface area contributed by atoms with Crippen LogP contribution >= 0.6 is 0 Å². The van der Waals surface area contributed by atoms with E-state index >= 15 is 0 Å². The maximum absolute atomic E-state index is 11.1. The maximum Gasteiger partial charge on any atom is 0.303 e. The van der Waals surface area contributed by atoms with Crippen LogP contribution in [0.1, 0.15) is 12.8 Å². The summed E-state index contributed by atoms with van der Waals surface area (Å²) in [5, 5.41) is 2.26. The van der Waals surface area contributed by atoms with Gasteiger partial charge >= 0.3 is 5.56 Å². The van der Waals surface area contributed by atoms with Crippen molar-refractivity contribution in [1.82, 2.24) is 5.16 Å². The van der Waals surface area contributed by atoms with Crippen LogP contribution in [0.5, 0.6) is 0 Å². The fourth-order valence-corrected chi connectivity index (χ4v) is 1.30. The highest BCUT2D eigenvalue weighted by atomic mass is 16.5. The third-order valence-electron chi connectivity index (χ3n) is 1.92. The molecule has 0 radical (unpaired) electrons. The highest BCUT2D eigenvalue weighted by Gasteiger charge is 2.11. The van der Waals surface area contributed by atoms with E-state index in [0.717, 1.165) is 19.4 Å². The molecule has 0 unspecified atom stereocenters. The largest absolute Gasteiger partial charge is 0.385 e. The number of H-pyrrole nitrogens is 1. The van der Waals surface area contributed by atoms with Crippen LogP contribution in [-0.4, -0.2) is 11.7 Å². The molecule has 0 fully saturated rings. The standard InChI is InChI=1S/C8H10N2O2/c11-8-7(6-12-9-8)10-4-2-1-3-5-10/h2,4,6H,1,3,5H2,(H,9,11). The minimum absolute atomic E-state index is 0.165. The van der Waals surface area contributed by atoms with Gasteiger partial charge in [-0.1, -0.05) is 6.08 Å². The van der Waals surface area contributed by atoms with Gasteiger partial charge in [-0.25, -0.2) is 0 Å². The fraction of sp³-hybridized carbons (Fsp3) is 0.375. The van der Waals surface area contributed by atoms with E-state index in [1.165, 1.54) is 6.26 Å². The zero-order chi connectivity index (χ0) is 8.39. The maximum atomic E-state index is 11.1. The smallest absolute Gasteiger partial charge is 0.303 e. The molecular weight excluding hydrogens is 156 g/mol. The molecule has 1 aliphatic heterocycles. The Bertz CT molecular complexity index is 337. The first-order chi connectivity index (χ1) is 5.88. The second kappa shape index (κ2) is 2.89. The lowest BCUT2D eigenvalue weighted by atomic mass is 10.2. The average Bonchev–Trinajstić information content (AvgIpc) is 2.53. The molecule has 0 spiro atoms. The molecule has 0 aromatic carbocycles. The first kappa shape index (κ1) is 7.21. The molecule has 2 rings (SSSR count). The highest BCUT2D eigenvalue weighted by Crippen LogP contribution is 2.13. The van der Waals surface area contributed by atoms with Crippen molar-refractivity contribution in [2.75, 3.05) is 11.4 Å². The molecule has 1 N–H and O–H groups in total. The molecule has 0 saturated carbocycles. The Morgan fingerprint density at radius 1 is 1.58 bits per heavy atom. The molecule has 1 aromatic rings. The van der Waals surface area contributed by atoms with Gasteiger partial charge in [-0.15, -0.1) is 0 Å². The summed E-state index contributed by atoms with van der Waals surface area (Å²) in [5.74, 6) is 0. The minimum atomic E-state index is -0.165. The molecule has 2 heterocycles. The monoisotopic (exact) mass is 166 g/mol. The molecule has 12 heavy (non-hydrogen) atoms. The Hall–Kier alpha value is -1.45. The molecule has 0 bridgehead atoms. The van der Waals surface area contributed by atoms with E-state index in [-0.39, 0.29) is 5.56 Å². The van der Waals surface area contributed by atoms with Gasteiger partial charge in [0.05, 0.1) is 0 Å². The summed E-state index contributed by atoms with van der Waals surface area (Å²) >= 11 is 0. The van der Waals surface area contributed by atoms with E-state index < -0.39 is 0 Å². The van der Waals surface area contributed by atoms with Gasteiger partial charge in [-0.05, 0) is 12.8 Å². The average molecular weight is 166 g/mol. The molecule has 0 atom stereocenters. The number of anilines is 1. The van der Waals surface area contributed by atoms with Gasteiger partial charge in [0.25, 0.3) is 0 Å². The molecule has 0 aliphatic carbocycles. The van der Waals surface area contributed by atoms with Crippen LogP contribution in [0.25, 0.3) is 0 Å². The molecule has 0 amide bonds. The van der Waals surface area contributed by atoms with Crippen molar-refractivity contribution in [3.05, 3.63) is 28.9 Å². The van der Waals surface area contributed by atoms with Crippen molar-refractivity contribution in [3.63, 3.8) is 0 Å². The van der Waals surface area contributed by atoms with Gasteiger partial charge in [0.2, 0.25) is 0 Å². The van der Waals surface area contributed by atoms with Crippen LogP contribution in [0, 0.1) is 0 Å². The second-order valence-corrected chi connectivity index (χ2v) is 2.77. The van der Waals surface area contributed by atoms with Crippen molar-refractivity contribution in [2.24, 2.45) is 0 Å². The molecule has 4 heteroatoms. The number of hydrogen-bond donors (Lipinski definition) is 1. The Morgan fingerprint density at radius 2 is 2.50 bits per heavy atom. The van der Waals surface area contributed by atoms with E-state index in [2.05, 4.69) is 15.8 Å². The van der Waals surface area contributed by atoms with Gasteiger partial charge < -0.3 is 9.42 Å². The third kappa shape index (κ3) is 1.15. The lowest BCUT2D eigenvalue weighted by molar-refractivity contribution is 0.413. The molecule has 4 nitrogen and oxygen atoms in total. The quantitative estimate of drug-likeness (QED) is 0.679. The summed E-state index contributed by atoms with van der Waals surface area (Å²) in [7, 11) is 0. The first-order valence-corrected chi connectivity index (χ1v) is 3.97. The Balaban J connectivity index is 2.30. The highest BCUT2D eigenvalue weighted by molar-refractivity contribution is 5.44. The van der Waals surface area contributed by atoms with Gasteiger partial charge in [0.15, 0.2) is 0 Å². The van der Waals surface area contributed by atoms with Gasteiger partial charge in [0.1, 0.15) is 12.0 Å². The van der Waals surface area contributed by atoms with Crippen molar-refractivity contribution < 1.29 is 4.52 Å². The summed E-state index contributed by atoms with van der Waals surface area (Å²) in [4.78, 5) is 13.0. The number of allylic oxidation sites excluding steroid dienone is 1. The predicted octanol–water partition coefficient (Wildman–Crippen LogP) is 1.08. The Morgan fingerprint density at radius 3 is 3.08 bits per heavy atom. The van der Waals surface area contributed by atoms with E-state index in [1.54, 1.807) is 0 Å². The lowest BCUT2D eigenvalue weighted by Crippen LogP contribution is -2.24. The van der Waals surface area contributed by atoms with E-state index in [9.17, 15) is 4.79 Å². The zero-order valence-electron chi connectivity index (χ0n) is 6.62. The second-order valence-electron chi connectivity index (χ2n) is 2.77. The van der Waals surface area contributed by atoms with Gasteiger partial charge in [-0.3, -0.25) is 4.79 Å². The molecular formula is C8H10N2O2.